The molecular weight excluding hydrogens is 210 g/mol. The molecule has 2 atom stereocenters. The lowest BCUT2D eigenvalue weighted by molar-refractivity contribution is -0.120. The molecule has 0 amide bonds. The van der Waals surface area contributed by atoms with Gasteiger partial charge in [-0.3, -0.25) is 4.79 Å². The summed E-state index contributed by atoms with van der Waals surface area (Å²) in [6.07, 6.45) is 2.96. The Hall–Kier alpha value is -0.820. The van der Waals surface area contributed by atoms with E-state index in [0.29, 0.717) is 19.3 Å². The number of carbonyl (C=O) groups excluding carboxylic acids is 2. The molecule has 0 saturated heterocycles. The number of ketones is 1. The highest BCUT2D eigenvalue weighted by atomic mass is 16.3. The van der Waals surface area contributed by atoms with E-state index in [9.17, 15) is 9.59 Å². The quantitative estimate of drug-likeness (QED) is 0.212. The van der Waals surface area contributed by atoms with E-state index in [-0.39, 0.29) is 18.4 Å². The predicted octanol–water partition coefficient (Wildman–Crippen LogP) is -1.27. The minimum absolute atomic E-state index is 0.00731. The molecule has 0 aliphatic carbocycles. The first kappa shape index (κ1) is 15.2. The average Bonchev–Trinajstić information content (AvgIpc) is 2.27. The van der Waals surface area contributed by atoms with Crippen LogP contribution in [0.15, 0.2) is 0 Å². The molecule has 0 aromatic carbocycles. The summed E-state index contributed by atoms with van der Waals surface area (Å²) in [7, 11) is 0. The van der Waals surface area contributed by atoms with E-state index in [1.165, 1.54) is 6.92 Å². The first-order valence-electron chi connectivity index (χ1n) is 5.43. The van der Waals surface area contributed by atoms with Crippen LogP contribution in [0.25, 0.3) is 0 Å². The van der Waals surface area contributed by atoms with Crippen LogP contribution in [0.4, 0.5) is 0 Å². The van der Waals surface area contributed by atoms with Crippen molar-refractivity contribution < 1.29 is 14.7 Å². The number of hydrogen-bond acceptors (Lipinski definition) is 6. The summed E-state index contributed by atoms with van der Waals surface area (Å²) in [4.78, 5) is 21.7. The first-order chi connectivity index (χ1) is 7.65. The van der Waals surface area contributed by atoms with Gasteiger partial charge < -0.3 is 15.6 Å². The first-order valence-corrected chi connectivity index (χ1v) is 5.43. The molecule has 0 saturated carbocycles. The summed E-state index contributed by atoms with van der Waals surface area (Å²) < 4.78 is 0. The zero-order valence-electron chi connectivity index (χ0n) is 9.61. The monoisotopic (exact) mass is 231 g/mol. The van der Waals surface area contributed by atoms with Crippen molar-refractivity contribution in [2.75, 3.05) is 13.2 Å². The zero-order chi connectivity index (χ0) is 12.4. The Balaban J connectivity index is 3.93. The van der Waals surface area contributed by atoms with Gasteiger partial charge in [-0.2, -0.15) is 0 Å². The van der Waals surface area contributed by atoms with Crippen molar-refractivity contribution in [1.82, 2.24) is 10.9 Å². The number of hydrogen-bond donors (Lipinski definition) is 4. The molecule has 0 unspecified atom stereocenters. The fraction of sp³-hybridized carbons (Fsp3) is 0.800. The molecule has 0 aliphatic rings. The molecule has 0 rings (SSSR count). The van der Waals surface area contributed by atoms with Gasteiger partial charge in [-0.15, -0.1) is 0 Å². The van der Waals surface area contributed by atoms with Crippen LogP contribution < -0.4 is 16.6 Å². The molecule has 0 aromatic heterocycles. The van der Waals surface area contributed by atoms with Crippen LogP contribution in [0.1, 0.15) is 26.2 Å². The third-order valence-electron chi connectivity index (χ3n) is 2.24. The Bertz CT molecular complexity index is 211. The normalized spacial score (nSPS) is 14.4. The third kappa shape index (κ3) is 6.62. The van der Waals surface area contributed by atoms with Gasteiger partial charge in [0, 0.05) is 0 Å². The van der Waals surface area contributed by atoms with Crippen LogP contribution in [0.5, 0.6) is 0 Å². The second-order valence-electron chi connectivity index (χ2n) is 3.66. The molecule has 16 heavy (non-hydrogen) atoms. The Labute approximate surface area is 95.6 Å². The molecule has 0 heterocycles. The van der Waals surface area contributed by atoms with Gasteiger partial charge in [0.1, 0.15) is 12.1 Å². The van der Waals surface area contributed by atoms with Crippen molar-refractivity contribution in [1.29, 1.82) is 0 Å². The average molecular weight is 231 g/mol. The second kappa shape index (κ2) is 9.41. The van der Waals surface area contributed by atoms with Crippen LogP contribution in [-0.4, -0.2) is 42.4 Å². The Morgan fingerprint density at radius 1 is 1.44 bits per heavy atom. The number of nitrogens with two attached hydrogens (primary N) is 1. The fourth-order valence-corrected chi connectivity index (χ4v) is 1.20. The molecule has 0 radical (unpaired) electrons. The topological polar surface area (TPSA) is 104 Å². The highest BCUT2D eigenvalue weighted by Gasteiger charge is 2.14. The van der Waals surface area contributed by atoms with Gasteiger partial charge in [-0.25, -0.2) is 10.9 Å². The second-order valence-corrected chi connectivity index (χ2v) is 3.66. The molecule has 6 heteroatoms. The Kier molecular flexibility index (Phi) is 8.93. The standard InChI is InChI=1S/C10H21N3O3/c1-8(16)10(4-2-3-5-11)13-12-9(6-14)7-15/h6,9-10,12-13,15H,2-5,7,11H2,1H3/t9-,10+/m1/s1. The van der Waals surface area contributed by atoms with Gasteiger partial charge in [0.2, 0.25) is 0 Å². The van der Waals surface area contributed by atoms with Crippen molar-refractivity contribution in [3.8, 4) is 0 Å². The lowest BCUT2D eigenvalue weighted by Gasteiger charge is -2.18. The number of hydrazine groups is 1. The molecule has 0 aromatic rings. The van der Waals surface area contributed by atoms with E-state index in [0.717, 1.165) is 12.8 Å². The highest BCUT2D eigenvalue weighted by molar-refractivity contribution is 5.81. The number of Topliss-reactive ketones (excluding diaryl/α,β-unsaturated/α-hetero) is 1. The number of aldehydes is 1. The Morgan fingerprint density at radius 2 is 2.12 bits per heavy atom. The Morgan fingerprint density at radius 3 is 2.56 bits per heavy atom. The summed E-state index contributed by atoms with van der Waals surface area (Å²) in [6.45, 7) is 1.78. The van der Waals surface area contributed by atoms with Gasteiger partial charge in [-0.1, -0.05) is 6.42 Å². The van der Waals surface area contributed by atoms with Gasteiger partial charge in [0.05, 0.1) is 18.7 Å². The maximum atomic E-state index is 11.2. The summed E-state index contributed by atoms with van der Waals surface area (Å²) in [5.41, 5.74) is 10.7. The van der Waals surface area contributed by atoms with Crippen molar-refractivity contribution in [2.45, 2.75) is 38.3 Å². The smallest absolute Gasteiger partial charge is 0.148 e. The number of unbranched alkanes of at least 4 members (excludes halogenated alkanes) is 1. The minimum Gasteiger partial charge on any atom is -0.394 e. The summed E-state index contributed by atoms with van der Waals surface area (Å²) in [5, 5.41) is 8.76. The minimum atomic E-state index is -0.684. The summed E-state index contributed by atoms with van der Waals surface area (Å²) >= 11 is 0. The fourth-order valence-electron chi connectivity index (χ4n) is 1.20. The van der Waals surface area contributed by atoms with Crippen LogP contribution in [0, 0.1) is 0 Å². The van der Waals surface area contributed by atoms with Crippen LogP contribution in [0.2, 0.25) is 0 Å². The zero-order valence-corrected chi connectivity index (χ0v) is 9.61. The van der Waals surface area contributed by atoms with Crippen molar-refractivity contribution in [2.24, 2.45) is 5.73 Å². The number of nitrogens with one attached hydrogen (secondary N) is 2. The van der Waals surface area contributed by atoms with Gasteiger partial charge in [-0.05, 0) is 26.3 Å². The highest BCUT2D eigenvalue weighted by Crippen LogP contribution is 2.00. The van der Waals surface area contributed by atoms with Crippen LogP contribution in [0.3, 0.4) is 0 Å². The number of aliphatic hydroxyl groups is 1. The molecule has 5 N–H and O–H groups in total. The van der Waals surface area contributed by atoms with Gasteiger partial charge in [0.15, 0.2) is 0 Å². The number of carbonyl (C=O) groups is 2. The predicted molar refractivity (Wildman–Crippen MR) is 60.6 cm³/mol. The maximum absolute atomic E-state index is 11.2. The van der Waals surface area contributed by atoms with E-state index >= 15 is 0 Å². The summed E-state index contributed by atoms with van der Waals surface area (Å²) in [6, 6.07) is -1.03. The van der Waals surface area contributed by atoms with Crippen molar-refractivity contribution >= 4 is 12.1 Å². The number of rotatable bonds is 10. The summed E-state index contributed by atoms with van der Waals surface area (Å²) in [5.74, 6) is -0.00731. The van der Waals surface area contributed by atoms with Crippen molar-refractivity contribution in [3.63, 3.8) is 0 Å². The maximum Gasteiger partial charge on any atom is 0.148 e. The molecule has 94 valence electrons. The van der Waals surface area contributed by atoms with E-state index in [4.69, 9.17) is 10.8 Å². The lowest BCUT2D eigenvalue weighted by atomic mass is 10.1. The number of aliphatic hydroxyl groups excluding tert-OH is 1. The largest absolute Gasteiger partial charge is 0.394 e. The molecule has 0 aliphatic heterocycles. The van der Waals surface area contributed by atoms with E-state index in [1.807, 2.05) is 0 Å². The molecule has 0 bridgehead atoms. The molecular formula is C10H21N3O3. The molecule has 0 spiro atoms. The van der Waals surface area contributed by atoms with Crippen LogP contribution in [-0.2, 0) is 9.59 Å². The van der Waals surface area contributed by atoms with Crippen LogP contribution >= 0.6 is 0 Å². The van der Waals surface area contributed by atoms with E-state index in [1.54, 1.807) is 0 Å². The van der Waals surface area contributed by atoms with Gasteiger partial charge in [0.25, 0.3) is 0 Å². The van der Waals surface area contributed by atoms with Gasteiger partial charge >= 0.3 is 0 Å². The van der Waals surface area contributed by atoms with E-state index in [2.05, 4.69) is 10.9 Å². The molecule has 0 fully saturated rings. The van der Waals surface area contributed by atoms with Crippen molar-refractivity contribution in [3.05, 3.63) is 0 Å². The molecule has 6 nitrogen and oxygen atoms in total. The van der Waals surface area contributed by atoms with E-state index < -0.39 is 6.04 Å². The lowest BCUT2D eigenvalue weighted by Crippen LogP contribution is -2.51. The third-order valence-corrected chi connectivity index (χ3v) is 2.24. The SMILES string of the molecule is CC(=O)[C@H](CCCCN)NN[C@H](C=O)CO.